The van der Waals surface area contributed by atoms with Gasteiger partial charge < -0.3 is 10.6 Å². The monoisotopic (exact) mass is 394 g/mol. The molecular weight excluding hydrogens is 372 g/mol. The van der Waals surface area contributed by atoms with Crippen LogP contribution in [0.15, 0.2) is 65.7 Å². The average molecular weight is 395 g/mol. The number of nitrogens with one attached hydrogen (secondary N) is 2. The molecule has 2 N–H and O–H groups in total. The minimum Gasteiger partial charge on any atom is -0.347 e. The lowest BCUT2D eigenvalue weighted by molar-refractivity contribution is -0.136. The summed E-state index contributed by atoms with van der Waals surface area (Å²) >= 11 is 1.51. The highest BCUT2D eigenvalue weighted by molar-refractivity contribution is 7.98. The predicted octanol–water partition coefficient (Wildman–Crippen LogP) is 3.11. The highest BCUT2D eigenvalue weighted by Crippen LogP contribution is 2.24. The van der Waals surface area contributed by atoms with Gasteiger partial charge in [-0.15, -0.1) is 11.8 Å². The molecule has 0 aliphatic heterocycles. The maximum Gasteiger partial charge on any atom is 0.313 e. The third-order valence-electron chi connectivity index (χ3n) is 4.33. The molecule has 3 aromatic rings. The van der Waals surface area contributed by atoms with Crippen molar-refractivity contribution in [1.82, 2.24) is 15.1 Å². The Morgan fingerprint density at radius 2 is 1.79 bits per heavy atom. The largest absolute Gasteiger partial charge is 0.347 e. The number of nitrogens with zero attached hydrogens (tertiary/aromatic N) is 2. The van der Waals surface area contributed by atoms with Crippen molar-refractivity contribution < 1.29 is 9.59 Å². The Morgan fingerprint density at radius 1 is 1.04 bits per heavy atom. The number of amides is 2. The lowest BCUT2D eigenvalue weighted by Crippen LogP contribution is -2.36. The van der Waals surface area contributed by atoms with E-state index in [0.29, 0.717) is 18.7 Å². The fourth-order valence-electron chi connectivity index (χ4n) is 2.83. The number of hydrogen-bond donors (Lipinski definition) is 2. The van der Waals surface area contributed by atoms with Crippen LogP contribution >= 0.6 is 11.8 Å². The van der Waals surface area contributed by atoms with E-state index < -0.39 is 11.8 Å². The van der Waals surface area contributed by atoms with Crippen molar-refractivity contribution in [2.24, 2.45) is 7.05 Å². The molecule has 0 fully saturated rings. The van der Waals surface area contributed by atoms with Crippen LogP contribution in [0.2, 0.25) is 0 Å². The fraction of sp³-hybridized carbons (Fsp3) is 0.190. The van der Waals surface area contributed by atoms with Crippen LogP contribution in [0.5, 0.6) is 0 Å². The number of benzene rings is 2. The molecular formula is C21H22N4O2S. The zero-order chi connectivity index (χ0) is 19.9. The van der Waals surface area contributed by atoms with Gasteiger partial charge in [-0.25, -0.2) is 0 Å². The zero-order valence-electron chi connectivity index (χ0n) is 15.8. The van der Waals surface area contributed by atoms with E-state index in [0.717, 1.165) is 21.7 Å². The van der Waals surface area contributed by atoms with Gasteiger partial charge in [0.1, 0.15) is 0 Å². The van der Waals surface area contributed by atoms with E-state index in [1.807, 2.05) is 66.5 Å². The van der Waals surface area contributed by atoms with Gasteiger partial charge in [0.05, 0.1) is 11.4 Å². The molecule has 2 aromatic carbocycles. The van der Waals surface area contributed by atoms with Crippen LogP contribution in [0.4, 0.5) is 5.69 Å². The van der Waals surface area contributed by atoms with Crippen LogP contribution in [-0.4, -0.2) is 34.4 Å². The molecule has 28 heavy (non-hydrogen) atoms. The van der Waals surface area contributed by atoms with Crippen molar-refractivity contribution in [3.8, 4) is 11.3 Å². The van der Waals surface area contributed by atoms with Crippen LogP contribution in [0.25, 0.3) is 11.3 Å². The van der Waals surface area contributed by atoms with Gasteiger partial charge in [0.2, 0.25) is 0 Å². The number of thioether (sulfide) groups is 1. The first-order valence-corrected chi connectivity index (χ1v) is 10.1. The van der Waals surface area contributed by atoms with Crippen LogP contribution in [0.1, 0.15) is 5.56 Å². The topological polar surface area (TPSA) is 76.0 Å². The molecule has 0 aliphatic rings. The van der Waals surface area contributed by atoms with Gasteiger partial charge in [0.25, 0.3) is 0 Å². The second-order valence-corrected chi connectivity index (χ2v) is 7.05. The summed E-state index contributed by atoms with van der Waals surface area (Å²) in [7, 11) is 1.90. The standard InChI is InChI=1S/C21H22N4O2S/c1-25-18(12-14-23-25)16-9-7-15(8-10-16)11-13-22-20(26)21(27)24-17-5-3-4-6-19(17)28-2/h3-10,12,14H,11,13H2,1-2H3,(H,22,26)(H,24,27). The lowest BCUT2D eigenvalue weighted by Gasteiger charge is -2.09. The maximum atomic E-state index is 12.1. The van der Waals surface area contributed by atoms with E-state index in [-0.39, 0.29) is 0 Å². The molecule has 0 aliphatic carbocycles. The van der Waals surface area contributed by atoms with Crippen LogP contribution in [-0.2, 0) is 23.1 Å². The molecule has 0 radical (unpaired) electrons. The van der Waals surface area contributed by atoms with Gasteiger partial charge in [0, 0.05) is 24.7 Å². The first kappa shape index (κ1) is 19.7. The number of aromatic nitrogens is 2. The van der Waals surface area contributed by atoms with E-state index >= 15 is 0 Å². The minimum absolute atomic E-state index is 0.390. The Morgan fingerprint density at radius 3 is 2.46 bits per heavy atom. The van der Waals surface area contributed by atoms with E-state index in [2.05, 4.69) is 15.7 Å². The van der Waals surface area contributed by atoms with Crippen molar-refractivity contribution in [1.29, 1.82) is 0 Å². The van der Waals surface area contributed by atoms with Gasteiger partial charge in [-0.1, -0.05) is 36.4 Å². The Balaban J connectivity index is 1.49. The lowest BCUT2D eigenvalue weighted by atomic mass is 10.1. The summed E-state index contributed by atoms with van der Waals surface area (Å²) in [6.07, 6.45) is 4.33. The predicted molar refractivity (Wildman–Crippen MR) is 112 cm³/mol. The molecule has 1 aromatic heterocycles. The number of hydrogen-bond acceptors (Lipinski definition) is 4. The van der Waals surface area contributed by atoms with E-state index in [9.17, 15) is 9.59 Å². The summed E-state index contributed by atoms with van der Waals surface area (Å²) in [6.45, 7) is 0.390. The molecule has 0 saturated carbocycles. The molecule has 1 heterocycles. The normalized spacial score (nSPS) is 10.5. The fourth-order valence-corrected chi connectivity index (χ4v) is 3.38. The van der Waals surface area contributed by atoms with Crippen molar-refractivity contribution in [3.05, 3.63) is 66.4 Å². The number of aryl methyl sites for hydroxylation is 1. The molecule has 0 saturated heterocycles. The number of rotatable bonds is 6. The summed E-state index contributed by atoms with van der Waals surface area (Å²) in [5, 5.41) is 9.50. The second-order valence-electron chi connectivity index (χ2n) is 6.20. The molecule has 3 rings (SSSR count). The zero-order valence-corrected chi connectivity index (χ0v) is 16.6. The molecule has 0 spiro atoms. The quantitative estimate of drug-likeness (QED) is 0.498. The van der Waals surface area contributed by atoms with Crippen LogP contribution in [0, 0.1) is 0 Å². The molecule has 0 bridgehead atoms. The first-order valence-electron chi connectivity index (χ1n) is 8.88. The highest BCUT2D eigenvalue weighted by Gasteiger charge is 2.14. The molecule has 0 unspecified atom stereocenters. The number of carbonyl (C=O) groups is 2. The molecule has 2 amide bonds. The maximum absolute atomic E-state index is 12.1. The summed E-state index contributed by atoms with van der Waals surface area (Å²) in [5.74, 6) is -1.30. The minimum atomic E-state index is -0.659. The van der Waals surface area contributed by atoms with Crippen LogP contribution in [0.3, 0.4) is 0 Å². The van der Waals surface area contributed by atoms with Crippen LogP contribution < -0.4 is 10.6 Å². The second kappa shape index (κ2) is 9.23. The summed E-state index contributed by atoms with van der Waals surface area (Å²) in [5.41, 5.74) is 3.85. The Labute approximate surface area is 168 Å². The van der Waals surface area contributed by atoms with E-state index in [4.69, 9.17) is 0 Å². The molecule has 6 nitrogen and oxygen atoms in total. The SMILES string of the molecule is CSc1ccccc1NC(=O)C(=O)NCCc1ccc(-c2ccnn2C)cc1. The highest BCUT2D eigenvalue weighted by atomic mass is 32.2. The third kappa shape index (κ3) is 4.80. The number of carbonyl (C=O) groups excluding carboxylic acids is 2. The van der Waals surface area contributed by atoms with Crippen molar-refractivity contribution >= 4 is 29.3 Å². The Kier molecular flexibility index (Phi) is 6.49. The van der Waals surface area contributed by atoms with Gasteiger partial charge in [-0.05, 0) is 42.0 Å². The van der Waals surface area contributed by atoms with Crippen molar-refractivity contribution in [3.63, 3.8) is 0 Å². The van der Waals surface area contributed by atoms with E-state index in [1.165, 1.54) is 11.8 Å². The molecule has 144 valence electrons. The van der Waals surface area contributed by atoms with Gasteiger partial charge in [-0.3, -0.25) is 14.3 Å². The van der Waals surface area contributed by atoms with Gasteiger partial charge in [-0.2, -0.15) is 5.10 Å². The van der Waals surface area contributed by atoms with Crippen molar-refractivity contribution in [2.75, 3.05) is 18.1 Å². The Bertz CT molecular complexity index is 967. The van der Waals surface area contributed by atoms with Gasteiger partial charge >= 0.3 is 11.8 Å². The molecule has 0 atom stereocenters. The number of anilines is 1. The number of para-hydroxylation sites is 1. The Hall–Kier alpha value is -3.06. The van der Waals surface area contributed by atoms with Crippen molar-refractivity contribution in [2.45, 2.75) is 11.3 Å². The van der Waals surface area contributed by atoms with Gasteiger partial charge in [0.15, 0.2) is 0 Å². The summed E-state index contributed by atoms with van der Waals surface area (Å²) in [6, 6.07) is 17.4. The van der Waals surface area contributed by atoms with E-state index in [1.54, 1.807) is 12.3 Å². The first-order chi connectivity index (χ1) is 13.6. The molecule has 7 heteroatoms. The summed E-state index contributed by atoms with van der Waals surface area (Å²) < 4.78 is 1.82. The smallest absolute Gasteiger partial charge is 0.313 e. The third-order valence-corrected chi connectivity index (χ3v) is 5.13. The average Bonchev–Trinajstić information content (AvgIpc) is 3.14. The summed E-state index contributed by atoms with van der Waals surface area (Å²) in [4.78, 5) is 25.0.